The lowest BCUT2D eigenvalue weighted by atomic mass is 10.1. The van der Waals surface area contributed by atoms with Crippen LogP contribution in [0.5, 0.6) is 0 Å². The Morgan fingerprint density at radius 1 is 1.05 bits per heavy atom. The number of methoxy groups -OCH3 is 1. The van der Waals surface area contributed by atoms with E-state index < -0.39 is 0 Å². The number of nitrogens with one attached hydrogen (secondary N) is 1. The summed E-state index contributed by atoms with van der Waals surface area (Å²) in [5, 5.41) is 3.51. The molecule has 3 nitrogen and oxygen atoms in total. The van der Waals surface area contributed by atoms with Crippen LogP contribution in [0.3, 0.4) is 0 Å². The normalized spacial score (nSPS) is 13.4. The molecule has 0 fully saturated rings. The standard InChI is InChI=1S/C16H36N2O/c1-6-16(4)18(12-13-19-5)11-9-7-8-10-17-14-15(2)3/h15-17H,6-14H2,1-5H3. The van der Waals surface area contributed by atoms with Gasteiger partial charge in [0.1, 0.15) is 0 Å². The molecule has 1 atom stereocenters. The van der Waals surface area contributed by atoms with Crippen LogP contribution in [0.1, 0.15) is 53.4 Å². The Labute approximate surface area is 121 Å². The van der Waals surface area contributed by atoms with Gasteiger partial charge in [0, 0.05) is 19.7 Å². The Bertz CT molecular complexity index is 186. The summed E-state index contributed by atoms with van der Waals surface area (Å²) in [6.45, 7) is 14.5. The summed E-state index contributed by atoms with van der Waals surface area (Å²) < 4.78 is 5.20. The molecule has 0 rings (SSSR count). The number of hydrogen-bond acceptors (Lipinski definition) is 3. The van der Waals surface area contributed by atoms with Gasteiger partial charge in [-0.2, -0.15) is 0 Å². The van der Waals surface area contributed by atoms with Gasteiger partial charge in [-0.05, 0) is 51.7 Å². The third kappa shape index (κ3) is 11.4. The zero-order valence-electron chi connectivity index (χ0n) is 13.9. The molecule has 1 N–H and O–H groups in total. The van der Waals surface area contributed by atoms with Gasteiger partial charge in [-0.15, -0.1) is 0 Å². The SMILES string of the molecule is CCC(C)N(CCCCCNCC(C)C)CCOC. The molecule has 0 aliphatic heterocycles. The number of ether oxygens (including phenoxy) is 1. The lowest BCUT2D eigenvalue weighted by molar-refractivity contribution is 0.121. The van der Waals surface area contributed by atoms with Crippen molar-refractivity contribution in [3.8, 4) is 0 Å². The Hall–Kier alpha value is -0.120. The zero-order chi connectivity index (χ0) is 14.5. The average Bonchev–Trinajstić information content (AvgIpc) is 2.39. The Kier molecular flexibility index (Phi) is 12.8. The van der Waals surface area contributed by atoms with Crippen LogP contribution >= 0.6 is 0 Å². The van der Waals surface area contributed by atoms with Gasteiger partial charge in [0.15, 0.2) is 0 Å². The van der Waals surface area contributed by atoms with E-state index >= 15 is 0 Å². The molecule has 116 valence electrons. The monoisotopic (exact) mass is 272 g/mol. The predicted octanol–water partition coefficient (Wildman–Crippen LogP) is 3.15. The summed E-state index contributed by atoms with van der Waals surface area (Å²) >= 11 is 0. The molecule has 1 unspecified atom stereocenters. The summed E-state index contributed by atoms with van der Waals surface area (Å²) in [6.07, 6.45) is 5.15. The average molecular weight is 272 g/mol. The van der Waals surface area contributed by atoms with Crippen molar-refractivity contribution in [3.63, 3.8) is 0 Å². The van der Waals surface area contributed by atoms with Crippen LogP contribution in [-0.4, -0.2) is 50.8 Å². The first-order chi connectivity index (χ1) is 9.11. The first-order valence-corrected chi connectivity index (χ1v) is 8.05. The highest BCUT2D eigenvalue weighted by atomic mass is 16.5. The Balaban J connectivity index is 3.57. The van der Waals surface area contributed by atoms with Crippen molar-refractivity contribution in [2.45, 2.75) is 59.4 Å². The number of unbranched alkanes of at least 4 members (excludes halogenated alkanes) is 2. The maximum Gasteiger partial charge on any atom is 0.0589 e. The molecule has 3 heteroatoms. The van der Waals surface area contributed by atoms with Crippen molar-refractivity contribution in [1.82, 2.24) is 10.2 Å². The van der Waals surface area contributed by atoms with E-state index in [0.717, 1.165) is 25.6 Å². The van der Waals surface area contributed by atoms with Gasteiger partial charge in [-0.25, -0.2) is 0 Å². The molecule has 0 saturated heterocycles. The molecule has 0 aromatic carbocycles. The van der Waals surface area contributed by atoms with Crippen molar-refractivity contribution in [2.24, 2.45) is 5.92 Å². The van der Waals surface area contributed by atoms with E-state index in [-0.39, 0.29) is 0 Å². The van der Waals surface area contributed by atoms with E-state index in [9.17, 15) is 0 Å². The third-order valence-corrected chi connectivity index (χ3v) is 3.65. The molecule has 0 bridgehead atoms. The molecule has 0 amide bonds. The van der Waals surface area contributed by atoms with E-state index in [2.05, 4.69) is 37.9 Å². The van der Waals surface area contributed by atoms with Crippen LogP contribution in [0, 0.1) is 5.92 Å². The van der Waals surface area contributed by atoms with E-state index in [0.29, 0.717) is 6.04 Å². The van der Waals surface area contributed by atoms with Crippen molar-refractivity contribution >= 4 is 0 Å². The number of hydrogen-bond donors (Lipinski definition) is 1. The Morgan fingerprint density at radius 3 is 2.37 bits per heavy atom. The fraction of sp³-hybridized carbons (Fsp3) is 1.00. The molecular formula is C16H36N2O. The molecule has 0 aliphatic carbocycles. The van der Waals surface area contributed by atoms with Gasteiger partial charge < -0.3 is 10.1 Å². The summed E-state index contributed by atoms with van der Waals surface area (Å²) in [4.78, 5) is 2.56. The van der Waals surface area contributed by atoms with Gasteiger partial charge >= 0.3 is 0 Å². The van der Waals surface area contributed by atoms with Crippen LogP contribution in [-0.2, 0) is 4.74 Å². The number of rotatable bonds is 13. The molecule has 19 heavy (non-hydrogen) atoms. The fourth-order valence-corrected chi connectivity index (χ4v) is 2.15. The smallest absolute Gasteiger partial charge is 0.0589 e. The fourth-order valence-electron chi connectivity index (χ4n) is 2.15. The van der Waals surface area contributed by atoms with Crippen molar-refractivity contribution in [2.75, 3.05) is 39.9 Å². The highest BCUT2D eigenvalue weighted by molar-refractivity contribution is 4.66. The minimum atomic E-state index is 0.675. The topological polar surface area (TPSA) is 24.5 Å². The van der Waals surface area contributed by atoms with E-state index in [4.69, 9.17) is 4.74 Å². The molecule has 0 heterocycles. The predicted molar refractivity (Wildman–Crippen MR) is 84.8 cm³/mol. The first kappa shape index (κ1) is 18.9. The molecule has 0 spiro atoms. The molecule has 0 saturated carbocycles. The highest BCUT2D eigenvalue weighted by Crippen LogP contribution is 2.06. The van der Waals surface area contributed by atoms with E-state index in [1.807, 2.05) is 0 Å². The van der Waals surface area contributed by atoms with Gasteiger partial charge in [0.05, 0.1) is 6.61 Å². The molecule has 0 aliphatic rings. The van der Waals surface area contributed by atoms with Crippen molar-refractivity contribution < 1.29 is 4.74 Å². The van der Waals surface area contributed by atoms with Crippen molar-refractivity contribution in [1.29, 1.82) is 0 Å². The minimum absolute atomic E-state index is 0.675. The quantitative estimate of drug-likeness (QED) is 0.521. The summed E-state index contributed by atoms with van der Waals surface area (Å²) in [7, 11) is 1.79. The van der Waals surface area contributed by atoms with Gasteiger partial charge in [-0.3, -0.25) is 4.90 Å². The summed E-state index contributed by atoms with van der Waals surface area (Å²) in [5.41, 5.74) is 0. The lowest BCUT2D eigenvalue weighted by Gasteiger charge is -2.28. The van der Waals surface area contributed by atoms with Crippen LogP contribution in [0.4, 0.5) is 0 Å². The maximum absolute atomic E-state index is 5.20. The maximum atomic E-state index is 5.20. The lowest BCUT2D eigenvalue weighted by Crippen LogP contribution is -2.36. The van der Waals surface area contributed by atoms with Crippen LogP contribution < -0.4 is 5.32 Å². The van der Waals surface area contributed by atoms with E-state index in [1.54, 1.807) is 7.11 Å². The summed E-state index contributed by atoms with van der Waals surface area (Å²) in [6, 6.07) is 0.675. The largest absolute Gasteiger partial charge is 0.383 e. The molecule has 0 aromatic rings. The van der Waals surface area contributed by atoms with Crippen LogP contribution in [0.25, 0.3) is 0 Å². The molecule has 0 aromatic heterocycles. The molecule has 0 radical (unpaired) electrons. The third-order valence-electron chi connectivity index (χ3n) is 3.65. The van der Waals surface area contributed by atoms with Gasteiger partial charge in [0.2, 0.25) is 0 Å². The van der Waals surface area contributed by atoms with Crippen LogP contribution in [0.15, 0.2) is 0 Å². The van der Waals surface area contributed by atoms with Crippen molar-refractivity contribution in [3.05, 3.63) is 0 Å². The van der Waals surface area contributed by atoms with Gasteiger partial charge in [0.25, 0.3) is 0 Å². The van der Waals surface area contributed by atoms with E-state index in [1.165, 1.54) is 38.8 Å². The number of nitrogens with zero attached hydrogens (tertiary/aromatic N) is 1. The minimum Gasteiger partial charge on any atom is -0.383 e. The van der Waals surface area contributed by atoms with Crippen LogP contribution in [0.2, 0.25) is 0 Å². The second-order valence-electron chi connectivity index (χ2n) is 5.94. The Morgan fingerprint density at radius 2 is 1.79 bits per heavy atom. The first-order valence-electron chi connectivity index (χ1n) is 8.05. The second kappa shape index (κ2) is 12.9. The zero-order valence-corrected chi connectivity index (χ0v) is 13.9. The highest BCUT2D eigenvalue weighted by Gasteiger charge is 2.10. The molecular weight excluding hydrogens is 236 g/mol. The summed E-state index contributed by atoms with van der Waals surface area (Å²) in [5.74, 6) is 0.759. The van der Waals surface area contributed by atoms with Gasteiger partial charge in [-0.1, -0.05) is 27.2 Å². The second-order valence-corrected chi connectivity index (χ2v) is 5.94.